The highest BCUT2D eigenvalue weighted by molar-refractivity contribution is 7.14. The molecule has 0 saturated carbocycles. The number of hydrogen-bond acceptors (Lipinski definition) is 4. The first-order valence-electron chi connectivity index (χ1n) is 4.67. The third-order valence-corrected chi connectivity index (χ3v) is 2.38. The lowest BCUT2D eigenvalue weighted by Crippen LogP contribution is -2.43. The van der Waals surface area contributed by atoms with Gasteiger partial charge in [0, 0.05) is 0 Å². The van der Waals surface area contributed by atoms with Gasteiger partial charge in [-0.1, -0.05) is 0 Å². The summed E-state index contributed by atoms with van der Waals surface area (Å²) in [6.07, 6.45) is -0.762. The van der Waals surface area contributed by atoms with E-state index >= 15 is 0 Å². The average molecular weight is 242 g/mol. The largest absolute Gasteiger partial charge is 0.443 e. The van der Waals surface area contributed by atoms with Gasteiger partial charge >= 0.3 is 12.1 Å². The molecular weight excluding hydrogens is 228 g/mol. The SMILES string of the molecule is CC(C)(C)OC(=O)N(C(N)=O)c1cccs1. The lowest BCUT2D eigenvalue weighted by atomic mass is 10.2. The fourth-order valence-electron chi connectivity index (χ4n) is 0.993. The molecule has 0 bridgehead atoms. The van der Waals surface area contributed by atoms with Crippen LogP contribution < -0.4 is 10.6 Å². The van der Waals surface area contributed by atoms with E-state index in [4.69, 9.17) is 10.5 Å². The van der Waals surface area contributed by atoms with Crippen LogP contribution in [0.2, 0.25) is 0 Å². The van der Waals surface area contributed by atoms with Crippen molar-refractivity contribution in [1.29, 1.82) is 0 Å². The number of nitrogens with two attached hydrogens (primary N) is 1. The Bertz CT molecular complexity index is 381. The normalized spacial score (nSPS) is 10.9. The van der Waals surface area contributed by atoms with Crippen molar-refractivity contribution in [3.63, 3.8) is 0 Å². The average Bonchev–Trinajstić information content (AvgIpc) is 2.52. The van der Waals surface area contributed by atoms with Crippen molar-refractivity contribution >= 4 is 28.5 Å². The van der Waals surface area contributed by atoms with Gasteiger partial charge in [-0.3, -0.25) is 0 Å². The minimum absolute atomic E-state index is 0.446. The zero-order valence-electron chi connectivity index (χ0n) is 9.39. The summed E-state index contributed by atoms with van der Waals surface area (Å²) in [4.78, 5) is 23.7. The monoisotopic (exact) mass is 242 g/mol. The number of thiophene rings is 1. The minimum atomic E-state index is -0.850. The van der Waals surface area contributed by atoms with E-state index in [0.29, 0.717) is 5.00 Å². The second kappa shape index (κ2) is 4.52. The second-order valence-electron chi connectivity index (χ2n) is 4.11. The van der Waals surface area contributed by atoms with Crippen molar-refractivity contribution in [2.45, 2.75) is 26.4 Å². The second-order valence-corrected chi connectivity index (χ2v) is 5.03. The van der Waals surface area contributed by atoms with E-state index in [-0.39, 0.29) is 0 Å². The Hall–Kier alpha value is -1.56. The Morgan fingerprint density at radius 2 is 2.06 bits per heavy atom. The predicted molar refractivity (Wildman–Crippen MR) is 62.6 cm³/mol. The third-order valence-electron chi connectivity index (χ3n) is 1.52. The highest BCUT2D eigenvalue weighted by atomic mass is 32.1. The van der Waals surface area contributed by atoms with E-state index in [1.165, 1.54) is 11.3 Å². The zero-order chi connectivity index (χ0) is 12.3. The predicted octanol–water partition coefficient (Wildman–Crippen LogP) is 2.57. The van der Waals surface area contributed by atoms with Crippen LogP contribution in [0.3, 0.4) is 0 Å². The molecule has 0 radical (unpaired) electrons. The number of anilines is 1. The van der Waals surface area contributed by atoms with E-state index in [1.807, 2.05) is 0 Å². The molecule has 0 saturated heterocycles. The maximum Gasteiger partial charge on any atom is 0.423 e. The van der Waals surface area contributed by atoms with E-state index in [9.17, 15) is 9.59 Å². The topological polar surface area (TPSA) is 72.6 Å². The molecule has 0 fully saturated rings. The molecule has 0 aliphatic rings. The molecule has 0 spiro atoms. The van der Waals surface area contributed by atoms with Crippen LogP contribution in [-0.4, -0.2) is 17.7 Å². The van der Waals surface area contributed by atoms with E-state index in [0.717, 1.165) is 4.90 Å². The number of urea groups is 1. The Morgan fingerprint density at radius 3 is 2.44 bits per heavy atom. The van der Waals surface area contributed by atoms with Gasteiger partial charge in [-0.2, -0.15) is 4.90 Å². The zero-order valence-corrected chi connectivity index (χ0v) is 10.2. The van der Waals surface area contributed by atoms with Crippen LogP contribution in [0.25, 0.3) is 0 Å². The highest BCUT2D eigenvalue weighted by Gasteiger charge is 2.27. The van der Waals surface area contributed by atoms with E-state index in [1.54, 1.807) is 38.3 Å². The third kappa shape index (κ3) is 3.23. The van der Waals surface area contributed by atoms with Crippen LogP contribution >= 0.6 is 11.3 Å². The number of hydrogen-bond donors (Lipinski definition) is 1. The molecular formula is C10H14N2O3S. The first-order valence-corrected chi connectivity index (χ1v) is 5.55. The Kier molecular flexibility index (Phi) is 3.54. The van der Waals surface area contributed by atoms with Gasteiger partial charge in [0.2, 0.25) is 0 Å². The molecule has 1 aromatic rings. The number of amides is 3. The van der Waals surface area contributed by atoms with Gasteiger partial charge < -0.3 is 10.5 Å². The summed E-state index contributed by atoms with van der Waals surface area (Å²) < 4.78 is 5.08. The molecule has 3 amide bonds. The van der Waals surface area contributed by atoms with Crippen molar-refractivity contribution < 1.29 is 14.3 Å². The molecule has 1 rings (SSSR count). The molecule has 2 N–H and O–H groups in total. The van der Waals surface area contributed by atoms with Gasteiger partial charge in [-0.25, -0.2) is 9.59 Å². The molecule has 0 aliphatic carbocycles. The summed E-state index contributed by atoms with van der Waals surface area (Å²) in [6, 6.07) is 2.50. The van der Waals surface area contributed by atoms with Crippen LogP contribution in [0.15, 0.2) is 17.5 Å². The minimum Gasteiger partial charge on any atom is -0.443 e. The van der Waals surface area contributed by atoms with Gasteiger partial charge in [0.1, 0.15) is 10.6 Å². The molecule has 88 valence electrons. The maximum absolute atomic E-state index is 11.7. The summed E-state index contributed by atoms with van der Waals surface area (Å²) in [5.41, 5.74) is 4.48. The van der Waals surface area contributed by atoms with Crippen LogP contribution in [0.1, 0.15) is 20.8 Å². The van der Waals surface area contributed by atoms with Gasteiger partial charge in [0.05, 0.1) is 0 Å². The molecule has 1 heterocycles. The number of rotatable bonds is 1. The molecule has 0 aliphatic heterocycles. The van der Waals surface area contributed by atoms with Crippen molar-refractivity contribution in [1.82, 2.24) is 0 Å². The first-order chi connectivity index (χ1) is 7.31. The smallest absolute Gasteiger partial charge is 0.423 e. The van der Waals surface area contributed by atoms with Gasteiger partial charge in [-0.05, 0) is 38.3 Å². The van der Waals surface area contributed by atoms with Crippen molar-refractivity contribution in [3.8, 4) is 0 Å². The Labute approximate surface area is 97.8 Å². The number of carbonyl (C=O) groups excluding carboxylic acids is 2. The van der Waals surface area contributed by atoms with Crippen LogP contribution in [0.5, 0.6) is 0 Å². The number of carbonyl (C=O) groups is 2. The maximum atomic E-state index is 11.7. The summed E-state index contributed by atoms with van der Waals surface area (Å²) in [6.45, 7) is 5.16. The highest BCUT2D eigenvalue weighted by Crippen LogP contribution is 2.23. The molecule has 16 heavy (non-hydrogen) atoms. The summed E-state index contributed by atoms with van der Waals surface area (Å²) in [7, 11) is 0. The van der Waals surface area contributed by atoms with Gasteiger partial charge in [-0.15, -0.1) is 11.3 Å². The molecule has 6 heteroatoms. The number of primary amides is 1. The number of ether oxygens (including phenoxy) is 1. The fraction of sp³-hybridized carbons (Fsp3) is 0.400. The van der Waals surface area contributed by atoms with Crippen LogP contribution in [0, 0.1) is 0 Å². The summed E-state index contributed by atoms with van der Waals surface area (Å²) in [5, 5.41) is 2.19. The van der Waals surface area contributed by atoms with E-state index in [2.05, 4.69) is 0 Å². The molecule has 0 unspecified atom stereocenters. The first kappa shape index (κ1) is 12.5. The molecule has 5 nitrogen and oxygen atoms in total. The van der Waals surface area contributed by atoms with Crippen molar-refractivity contribution in [3.05, 3.63) is 17.5 Å². The van der Waals surface area contributed by atoms with Gasteiger partial charge in [0.25, 0.3) is 0 Å². The standard InChI is InChI=1S/C10H14N2O3S/c1-10(2,3)15-9(14)12(8(11)13)7-5-4-6-16-7/h4-6H,1-3H3,(H2,11,13). The summed E-state index contributed by atoms with van der Waals surface area (Å²) in [5.74, 6) is 0. The lowest BCUT2D eigenvalue weighted by Gasteiger charge is -2.24. The van der Waals surface area contributed by atoms with Gasteiger partial charge in [0.15, 0.2) is 0 Å². The van der Waals surface area contributed by atoms with Crippen LogP contribution in [-0.2, 0) is 4.74 Å². The van der Waals surface area contributed by atoms with Crippen LogP contribution in [0.4, 0.5) is 14.6 Å². The van der Waals surface area contributed by atoms with Crippen molar-refractivity contribution in [2.24, 2.45) is 5.73 Å². The number of imide groups is 1. The number of nitrogens with zero attached hydrogens (tertiary/aromatic N) is 1. The molecule has 1 aromatic heterocycles. The Morgan fingerprint density at radius 1 is 1.44 bits per heavy atom. The van der Waals surface area contributed by atoms with Crippen molar-refractivity contribution in [2.75, 3.05) is 4.90 Å². The van der Waals surface area contributed by atoms with E-state index < -0.39 is 17.7 Å². The fourth-order valence-corrected chi connectivity index (χ4v) is 1.72. The quantitative estimate of drug-likeness (QED) is 0.822. The molecule has 0 aromatic carbocycles. The summed E-state index contributed by atoms with van der Waals surface area (Å²) >= 11 is 1.24. The Balaban J connectivity index is 2.88. The lowest BCUT2D eigenvalue weighted by molar-refractivity contribution is 0.0596. The molecule has 0 atom stereocenters.